The minimum Gasteiger partial charge on any atom is -0.466 e. The van der Waals surface area contributed by atoms with Crippen molar-refractivity contribution in [3.63, 3.8) is 0 Å². The Hall–Kier alpha value is -0.790. The fourth-order valence-electron chi connectivity index (χ4n) is 1.12. The highest BCUT2D eigenvalue weighted by Crippen LogP contribution is 2.32. The van der Waals surface area contributed by atoms with Crippen molar-refractivity contribution in [1.29, 1.82) is 0 Å². The standard InChI is InChI=1S/C8H12O2/c1-5-4-7(6(5)2)8(9)10-3/h4-6H,1-3H3/t5-,6+/m0/s1. The van der Waals surface area contributed by atoms with Crippen LogP contribution in [0, 0.1) is 11.8 Å². The molecule has 0 heterocycles. The third kappa shape index (κ3) is 0.939. The van der Waals surface area contributed by atoms with Gasteiger partial charge in [-0.25, -0.2) is 4.79 Å². The van der Waals surface area contributed by atoms with Gasteiger partial charge in [-0.05, 0) is 11.8 Å². The summed E-state index contributed by atoms with van der Waals surface area (Å²) in [4.78, 5) is 10.9. The zero-order valence-corrected chi connectivity index (χ0v) is 6.55. The van der Waals surface area contributed by atoms with Crippen LogP contribution in [0.4, 0.5) is 0 Å². The molecule has 0 radical (unpaired) electrons. The molecule has 56 valence electrons. The van der Waals surface area contributed by atoms with Crippen molar-refractivity contribution in [2.75, 3.05) is 7.11 Å². The number of rotatable bonds is 1. The van der Waals surface area contributed by atoms with Gasteiger partial charge in [0.1, 0.15) is 0 Å². The summed E-state index contributed by atoms with van der Waals surface area (Å²) in [5.41, 5.74) is 0.829. The quantitative estimate of drug-likeness (QED) is 0.514. The first-order valence-electron chi connectivity index (χ1n) is 3.47. The van der Waals surface area contributed by atoms with E-state index in [0.717, 1.165) is 5.57 Å². The van der Waals surface area contributed by atoms with E-state index in [9.17, 15) is 4.79 Å². The van der Waals surface area contributed by atoms with Crippen LogP contribution in [0.2, 0.25) is 0 Å². The maximum absolute atomic E-state index is 10.9. The summed E-state index contributed by atoms with van der Waals surface area (Å²) in [7, 11) is 1.42. The molecule has 1 aliphatic rings. The lowest BCUT2D eigenvalue weighted by atomic mass is 9.77. The lowest BCUT2D eigenvalue weighted by Gasteiger charge is -2.28. The normalized spacial score (nSPS) is 30.5. The highest BCUT2D eigenvalue weighted by Gasteiger charge is 2.29. The second kappa shape index (κ2) is 2.45. The van der Waals surface area contributed by atoms with Gasteiger partial charge in [-0.3, -0.25) is 0 Å². The fraction of sp³-hybridized carbons (Fsp3) is 0.625. The zero-order valence-electron chi connectivity index (χ0n) is 6.55. The highest BCUT2D eigenvalue weighted by atomic mass is 16.5. The predicted octanol–water partition coefficient (Wildman–Crippen LogP) is 1.37. The zero-order chi connectivity index (χ0) is 7.72. The number of hydrogen-bond donors (Lipinski definition) is 0. The van der Waals surface area contributed by atoms with Gasteiger partial charge in [-0.1, -0.05) is 19.9 Å². The van der Waals surface area contributed by atoms with Gasteiger partial charge in [0.25, 0.3) is 0 Å². The first-order valence-corrected chi connectivity index (χ1v) is 3.47. The Kier molecular flexibility index (Phi) is 1.79. The third-order valence-electron chi connectivity index (χ3n) is 2.14. The van der Waals surface area contributed by atoms with E-state index in [0.29, 0.717) is 11.8 Å². The van der Waals surface area contributed by atoms with Gasteiger partial charge in [0.15, 0.2) is 0 Å². The summed E-state index contributed by atoms with van der Waals surface area (Å²) in [5, 5.41) is 0. The minimum absolute atomic E-state index is 0.175. The number of allylic oxidation sites excluding steroid dienone is 1. The molecule has 0 saturated carbocycles. The minimum atomic E-state index is -0.175. The molecule has 0 amide bonds. The molecule has 10 heavy (non-hydrogen) atoms. The summed E-state index contributed by atoms with van der Waals surface area (Å²) >= 11 is 0. The molecule has 1 aliphatic carbocycles. The molecule has 0 N–H and O–H groups in total. The molecule has 0 bridgehead atoms. The predicted molar refractivity (Wildman–Crippen MR) is 38.4 cm³/mol. The van der Waals surface area contributed by atoms with Crippen LogP contribution in [0.3, 0.4) is 0 Å². The average molecular weight is 140 g/mol. The van der Waals surface area contributed by atoms with Gasteiger partial charge < -0.3 is 4.74 Å². The molecule has 0 unspecified atom stereocenters. The van der Waals surface area contributed by atoms with Crippen LogP contribution in [0.15, 0.2) is 11.6 Å². The highest BCUT2D eigenvalue weighted by molar-refractivity contribution is 5.90. The van der Waals surface area contributed by atoms with Gasteiger partial charge >= 0.3 is 5.97 Å². The molecule has 1 rings (SSSR count). The second-order valence-electron chi connectivity index (χ2n) is 2.76. The number of esters is 1. The Balaban J connectivity index is 2.61. The Bertz CT molecular complexity index is 182. The van der Waals surface area contributed by atoms with E-state index in [4.69, 9.17) is 0 Å². The molecule has 0 aromatic heterocycles. The number of carbonyl (C=O) groups is 1. The first-order chi connectivity index (χ1) is 4.66. The van der Waals surface area contributed by atoms with Crippen LogP contribution >= 0.6 is 0 Å². The van der Waals surface area contributed by atoms with E-state index < -0.39 is 0 Å². The number of ether oxygens (including phenoxy) is 1. The van der Waals surface area contributed by atoms with Gasteiger partial charge in [0.05, 0.1) is 7.11 Å². The van der Waals surface area contributed by atoms with Crippen molar-refractivity contribution in [1.82, 2.24) is 0 Å². The molecule has 0 aromatic rings. The van der Waals surface area contributed by atoms with Gasteiger partial charge in [0, 0.05) is 5.57 Å². The Morgan fingerprint density at radius 3 is 2.50 bits per heavy atom. The Morgan fingerprint density at radius 1 is 1.60 bits per heavy atom. The van der Waals surface area contributed by atoms with Crippen molar-refractivity contribution in [2.45, 2.75) is 13.8 Å². The Morgan fingerprint density at radius 2 is 2.20 bits per heavy atom. The molecule has 0 aromatic carbocycles. The number of hydrogen-bond acceptors (Lipinski definition) is 2. The molecule has 0 saturated heterocycles. The van der Waals surface area contributed by atoms with E-state index in [1.54, 1.807) is 0 Å². The van der Waals surface area contributed by atoms with Gasteiger partial charge in [0.2, 0.25) is 0 Å². The maximum atomic E-state index is 10.9. The third-order valence-corrected chi connectivity index (χ3v) is 2.14. The number of carbonyl (C=O) groups excluding carboxylic acids is 1. The molecule has 0 aliphatic heterocycles. The first kappa shape index (κ1) is 7.32. The fourth-order valence-corrected chi connectivity index (χ4v) is 1.12. The van der Waals surface area contributed by atoms with E-state index in [1.807, 2.05) is 13.0 Å². The van der Waals surface area contributed by atoms with Crippen molar-refractivity contribution >= 4 is 5.97 Å². The van der Waals surface area contributed by atoms with E-state index in [1.165, 1.54) is 7.11 Å². The van der Waals surface area contributed by atoms with Gasteiger partial charge in [-0.15, -0.1) is 0 Å². The van der Waals surface area contributed by atoms with E-state index in [2.05, 4.69) is 11.7 Å². The van der Waals surface area contributed by atoms with Crippen LogP contribution in [0.1, 0.15) is 13.8 Å². The van der Waals surface area contributed by atoms with Crippen molar-refractivity contribution in [2.24, 2.45) is 11.8 Å². The summed E-state index contributed by atoms with van der Waals surface area (Å²) in [6.45, 7) is 4.13. The largest absolute Gasteiger partial charge is 0.466 e. The summed E-state index contributed by atoms with van der Waals surface area (Å²) in [6, 6.07) is 0. The lowest BCUT2D eigenvalue weighted by molar-refractivity contribution is -0.137. The topological polar surface area (TPSA) is 26.3 Å². The van der Waals surface area contributed by atoms with E-state index in [-0.39, 0.29) is 5.97 Å². The molecule has 2 nitrogen and oxygen atoms in total. The molecular weight excluding hydrogens is 128 g/mol. The van der Waals surface area contributed by atoms with Crippen molar-refractivity contribution in [3.8, 4) is 0 Å². The molecule has 2 heteroatoms. The van der Waals surface area contributed by atoms with Crippen LogP contribution in [0.25, 0.3) is 0 Å². The van der Waals surface area contributed by atoms with Crippen LogP contribution in [0.5, 0.6) is 0 Å². The lowest BCUT2D eigenvalue weighted by Crippen LogP contribution is -2.26. The molecular formula is C8H12O2. The van der Waals surface area contributed by atoms with Gasteiger partial charge in [-0.2, -0.15) is 0 Å². The average Bonchev–Trinajstić information content (AvgIpc) is 1.98. The van der Waals surface area contributed by atoms with Crippen LogP contribution in [-0.2, 0) is 9.53 Å². The van der Waals surface area contributed by atoms with Crippen LogP contribution < -0.4 is 0 Å². The van der Waals surface area contributed by atoms with Crippen LogP contribution in [-0.4, -0.2) is 13.1 Å². The van der Waals surface area contributed by atoms with Crippen molar-refractivity contribution in [3.05, 3.63) is 11.6 Å². The van der Waals surface area contributed by atoms with E-state index >= 15 is 0 Å². The second-order valence-corrected chi connectivity index (χ2v) is 2.76. The summed E-state index contributed by atoms with van der Waals surface area (Å²) < 4.78 is 4.57. The smallest absolute Gasteiger partial charge is 0.333 e. The molecule has 2 atom stereocenters. The van der Waals surface area contributed by atoms with Crippen molar-refractivity contribution < 1.29 is 9.53 Å². The maximum Gasteiger partial charge on any atom is 0.333 e. The Labute approximate surface area is 60.9 Å². The molecule has 0 spiro atoms. The number of methoxy groups -OCH3 is 1. The molecule has 0 fully saturated rings. The summed E-state index contributed by atoms with van der Waals surface area (Å²) in [6.07, 6.45) is 1.95. The summed E-state index contributed by atoms with van der Waals surface area (Å²) in [5.74, 6) is 0.743. The SMILES string of the molecule is COC(=O)C1=C[C@H](C)[C@H]1C. The monoisotopic (exact) mass is 140 g/mol.